The number of nitrogens with one attached hydrogen (secondary N) is 3. The van der Waals surface area contributed by atoms with E-state index in [9.17, 15) is 16.8 Å². The molecule has 0 aliphatic carbocycles. The van der Waals surface area contributed by atoms with Crippen LogP contribution >= 0.6 is 11.3 Å². The molecule has 1 aromatic rings. The van der Waals surface area contributed by atoms with E-state index in [-0.39, 0.29) is 16.5 Å². The highest BCUT2D eigenvalue weighted by Gasteiger charge is 2.16. The SMILES string of the molecule is CCS(=O)(=O)NCCc1ccc(S(=O)(=O)NCCCNC)s1. The first kappa shape index (κ1) is 19.5. The minimum absolute atomic E-state index is 0.0353. The predicted molar refractivity (Wildman–Crippen MR) is 89.2 cm³/mol. The van der Waals surface area contributed by atoms with Gasteiger partial charge >= 0.3 is 0 Å². The fourth-order valence-corrected chi connectivity index (χ4v) is 4.70. The van der Waals surface area contributed by atoms with E-state index in [1.165, 1.54) is 0 Å². The van der Waals surface area contributed by atoms with Crippen molar-refractivity contribution in [2.75, 3.05) is 32.4 Å². The van der Waals surface area contributed by atoms with Gasteiger partial charge in [-0.25, -0.2) is 26.3 Å². The van der Waals surface area contributed by atoms with Gasteiger partial charge in [0.25, 0.3) is 0 Å². The van der Waals surface area contributed by atoms with Gasteiger partial charge in [-0.1, -0.05) is 0 Å². The third-order valence-corrected chi connectivity index (χ3v) is 7.37. The van der Waals surface area contributed by atoms with E-state index in [2.05, 4.69) is 14.8 Å². The van der Waals surface area contributed by atoms with E-state index < -0.39 is 20.0 Å². The lowest BCUT2D eigenvalue weighted by Gasteiger charge is -2.04. The summed E-state index contributed by atoms with van der Waals surface area (Å²) >= 11 is 1.16. The molecule has 128 valence electrons. The normalized spacial score (nSPS) is 12.6. The molecule has 0 aliphatic heterocycles. The highest BCUT2D eigenvalue weighted by molar-refractivity contribution is 7.91. The number of rotatable bonds is 11. The van der Waals surface area contributed by atoms with Crippen molar-refractivity contribution in [1.29, 1.82) is 0 Å². The monoisotopic (exact) mass is 369 g/mol. The summed E-state index contributed by atoms with van der Waals surface area (Å²) < 4.78 is 52.0. The molecule has 7 nitrogen and oxygen atoms in total. The van der Waals surface area contributed by atoms with Gasteiger partial charge in [-0.05, 0) is 45.5 Å². The first-order valence-electron chi connectivity index (χ1n) is 7.01. The second kappa shape index (κ2) is 8.94. The second-order valence-corrected chi connectivity index (χ2v) is 9.88. The van der Waals surface area contributed by atoms with Crippen LogP contribution in [-0.4, -0.2) is 49.3 Å². The molecule has 1 aromatic heterocycles. The Balaban J connectivity index is 2.52. The van der Waals surface area contributed by atoms with E-state index in [4.69, 9.17) is 0 Å². The summed E-state index contributed by atoms with van der Waals surface area (Å²) in [6, 6.07) is 3.27. The lowest BCUT2D eigenvalue weighted by atomic mass is 10.3. The van der Waals surface area contributed by atoms with Gasteiger partial charge in [-0.15, -0.1) is 11.3 Å². The zero-order valence-corrected chi connectivity index (χ0v) is 15.2. The van der Waals surface area contributed by atoms with E-state index in [0.29, 0.717) is 19.4 Å². The average molecular weight is 370 g/mol. The van der Waals surface area contributed by atoms with Crippen LogP contribution in [0.5, 0.6) is 0 Å². The Labute approximate surface area is 136 Å². The molecule has 10 heteroatoms. The molecule has 0 unspecified atom stereocenters. The summed E-state index contributed by atoms with van der Waals surface area (Å²) in [6.45, 7) is 2.96. The highest BCUT2D eigenvalue weighted by Crippen LogP contribution is 2.21. The standard InChI is InChI=1S/C12H23N3O4S3/c1-3-21(16,17)14-10-7-11-5-6-12(20-11)22(18,19)15-9-4-8-13-2/h5-6,13-15H,3-4,7-10H2,1-2H3. The van der Waals surface area contributed by atoms with Crippen LogP contribution in [0.25, 0.3) is 0 Å². The zero-order chi connectivity index (χ0) is 16.6. The van der Waals surface area contributed by atoms with Crippen LogP contribution in [0.3, 0.4) is 0 Å². The maximum absolute atomic E-state index is 12.1. The van der Waals surface area contributed by atoms with Crippen molar-refractivity contribution in [3.05, 3.63) is 17.0 Å². The summed E-state index contributed by atoms with van der Waals surface area (Å²) in [5, 5.41) is 2.95. The summed E-state index contributed by atoms with van der Waals surface area (Å²) in [4.78, 5) is 0.828. The third-order valence-electron chi connectivity index (χ3n) is 2.87. The van der Waals surface area contributed by atoms with Crippen molar-refractivity contribution in [3.63, 3.8) is 0 Å². The first-order chi connectivity index (χ1) is 10.3. The van der Waals surface area contributed by atoms with Crippen LogP contribution in [0.1, 0.15) is 18.2 Å². The molecule has 0 aromatic carbocycles. The first-order valence-corrected chi connectivity index (χ1v) is 11.0. The van der Waals surface area contributed by atoms with Crippen molar-refractivity contribution in [2.24, 2.45) is 0 Å². The molecule has 3 N–H and O–H groups in total. The minimum Gasteiger partial charge on any atom is -0.320 e. The van der Waals surface area contributed by atoms with Crippen molar-refractivity contribution in [3.8, 4) is 0 Å². The molecule has 0 saturated carbocycles. The molecule has 0 aliphatic rings. The fourth-order valence-electron chi connectivity index (χ4n) is 1.61. The molecule has 0 radical (unpaired) electrons. The molecule has 0 spiro atoms. The largest absolute Gasteiger partial charge is 0.320 e. The van der Waals surface area contributed by atoms with Crippen LogP contribution < -0.4 is 14.8 Å². The van der Waals surface area contributed by atoms with Gasteiger partial charge in [0.05, 0.1) is 5.75 Å². The Kier molecular flexibility index (Phi) is 7.94. The quantitative estimate of drug-likeness (QED) is 0.481. The summed E-state index contributed by atoms with van der Waals surface area (Å²) in [7, 11) is -4.87. The Morgan fingerprint density at radius 3 is 2.41 bits per heavy atom. The lowest BCUT2D eigenvalue weighted by Crippen LogP contribution is -2.27. The van der Waals surface area contributed by atoms with Crippen LogP contribution in [0.2, 0.25) is 0 Å². The zero-order valence-electron chi connectivity index (χ0n) is 12.8. The molecule has 0 saturated heterocycles. The Morgan fingerprint density at radius 1 is 1.05 bits per heavy atom. The Bertz CT molecular complexity index is 653. The molecular formula is C12H23N3O4S3. The van der Waals surface area contributed by atoms with Gasteiger partial charge in [-0.2, -0.15) is 0 Å². The summed E-state index contributed by atoms with van der Waals surface area (Å²) in [5.41, 5.74) is 0. The number of thiophene rings is 1. The molecule has 0 fully saturated rings. The highest BCUT2D eigenvalue weighted by atomic mass is 32.2. The van der Waals surface area contributed by atoms with Gasteiger partial charge in [0.1, 0.15) is 4.21 Å². The molecule has 22 heavy (non-hydrogen) atoms. The lowest BCUT2D eigenvalue weighted by molar-refractivity contribution is 0.578. The van der Waals surface area contributed by atoms with Crippen LogP contribution in [0.4, 0.5) is 0 Å². The van der Waals surface area contributed by atoms with E-state index >= 15 is 0 Å². The number of hydrogen-bond acceptors (Lipinski definition) is 6. The van der Waals surface area contributed by atoms with Crippen molar-refractivity contribution in [2.45, 2.75) is 24.0 Å². The van der Waals surface area contributed by atoms with Gasteiger partial charge in [0, 0.05) is 18.0 Å². The third kappa shape index (κ3) is 6.71. The number of sulfonamides is 2. The van der Waals surface area contributed by atoms with E-state index in [1.807, 2.05) is 7.05 Å². The molecular weight excluding hydrogens is 346 g/mol. The summed E-state index contributed by atoms with van der Waals surface area (Å²) in [6.07, 6.45) is 1.19. The molecule has 0 atom stereocenters. The molecule has 1 rings (SSSR count). The predicted octanol–water partition coefficient (Wildman–Crippen LogP) is 0.118. The molecule has 1 heterocycles. The van der Waals surface area contributed by atoms with Crippen molar-refractivity contribution < 1.29 is 16.8 Å². The number of hydrogen-bond donors (Lipinski definition) is 3. The maximum atomic E-state index is 12.1. The van der Waals surface area contributed by atoms with Crippen molar-refractivity contribution in [1.82, 2.24) is 14.8 Å². The molecule has 0 bridgehead atoms. The van der Waals surface area contributed by atoms with Crippen LogP contribution in [0.15, 0.2) is 16.3 Å². The summed E-state index contributed by atoms with van der Waals surface area (Å²) in [5.74, 6) is 0.0353. The van der Waals surface area contributed by atoms with Crippen LogP contribution in [0, 0.1) is 0 Å². The van der Waals surface area contributed by atoms with Gasteiger partial charge in [-0.3, -0.25) is 0 Å². The van der Waals surface area contributed by atoms with E-state index in [0.717, 1.165) is 22.8 Å². The van der Waals surface area contributed by atoms with Crippen molar-refractivity contribution >= 4 is 31.4 Å². The average Bonchev–Trinajstić information content (AvgIpc) is 2.93. The van der Waals surface area contributed by atoms with Crippen LogP contribution in [-0.2, 0) is 26.5 Å². The molecule has 0 amide bonds. The smallest absolute Gasteiger partial charge is 0.250 e. The fraction of sp³-hybridized carbons (Fsp3) is 0.667. The van der Waals surface area contributed by atoms with Gasteiger partial charge < -0.3 is 5.32 Å². The Hall–Kier alpha value is -0.520. The maximum Gasteiger partial charge on any atom is 0.250 e. The minimum atomic E-state index is -3.48. The van der Waals surface area contributed by atoms with Gasteiger partial charge in [0.2, 0.25) is 20.0 Å². The van der Waals surface area contributed by atoms with Gasteiger partial charge in [0.15, 0.2) is 0 Å². The van der Waals surface area contributed by atoms with E-state index in [1.54, 1.807) is 19.1 Å². The second-order valence-electron chi connectivity index (χ2n) is 4.62. The topological polar surface area (TPSA) is 104 Å². The Morgan fingerprint density at radius 2 is 1.77 bits per heavy atom.